The van der Waals surface area contributed by atoms with E-state index in [1.54, 1.807) is 0 Å². The molecule has 0 aromatic heterocycles. The summed E-state index contributed by atoms with van der Waals surface area (Å²) in [6.07, 6.45) is 0. The molecule has 0 unspecified atom stereocenters. The second-order valence-electron chi connectivity index (χ2n) is 1.92. The highest BCUT2D eigenvalue weighted by molar-refractivity contribution is 7.27. The van der Waals surface area contributed by atoms with Crippen molar-refractivity contribution in [1.29, 1.82) is 0 Å². The largest absolute Gasteiger partial charge is 0.130 e. The zero-order chi connectivity index (χ0) is 3.98. The molecule has 3 aliphatic rings. The average Bonchev–Trinajstić information content (AvgIpc) is 1.72. The van der Waals surface area contributed by atoms with E-state index in [1.807, 2.05) is 0 Å². The summed E-state index contributed by atoms with van der Waals surface area (Å²) in [5, 5.41) is 0. The lowest BCUT2D eigenvalue weighted by atomic mass is 9.18. The summed E-state index contributed by atoms with van der Waals surface area (Å²) in [4.78, 5) is 0. The zero-order valence-electron chi connectivity index (χ0n) is 3.46. The molecule has 0 aliphatic carbocycles. The molecule has 3 fully saturated rings. The quantitative estimate of drug-likeness (QED) is 0.325. The highest BCUT2D eigenvalue weighted by Crippen LogP contribution is 2.30. The minimum Gasteiger partial charge on any atom is -0.130 e. The fourth-order valence-electron chi connectivity index (χ4n) is 1.01. The van der Waals surface area contributed by atoms with E-state index < -0.39 is 0 Å². The van der Waals surface area contributed by atoms with E-state index in [0.29, 0.717) is 0 Å². The van der Waals surface area contributed by atoms with Crippen LogP contribution in [0.25, 0.3) is 0 Å². The molecule has 3 heterocycles. The summed E-state index contributed by atoms with van der Waals surface area (Å²) >= 11 is 0. The molecule has 22 valence electrons. The first kappa shape index (κ1) is 3.29. The van der Waals surface area contributed by atoms with Crippen molar-refractivity contribution in [3.63, 3.8) is 0 Å². The van der Waals surface area contributed by atoms with Gasteiger partial charge in [-0.05, 0) is 0 Å². The third-order valence-corrected chi connectivity index (χ3v) is 1.44. The normalized spacial score (nSPS) is 46.7. The predicted octanol–water partition coefficient (Wildman–Crippen LogP) is -0.848. The van der Waals surface area contributed by atoms with Crippen molar-refractivity contribution in [2.24, 2.45) is 0 Å². The van der Waals surface area contributed by atoms with Crippen molar-refractivity contribution in [1.82, 2.24) is 0 Å². The van der Waals surface area contributed by atoms with Gasteiger partial charge in [0.15, 0.2) is 0 Å². The Morgan fingerprint density at radius 2 is 1.33 bits per heavy atom. The van der Waals surface area contributed by atoms with Crippen molar-refractivity contribution >= 4 is 28.9 Å². The molecule has 3 saturated heterocycles. The van der Waals surface area contributed by atoms with Gasteiger partial charge in [0.25, 0.3) is 0 Å². The second-order valence-corrected chi connectivity index (χ2v) is 1.92. The van der Waals surface area contributed by atoms with Gasteiger partial charge in [-0.25, -0.2) is 0 Å². The number of hydrogen-bond acceptors (Lipinski definition) is 0. The molecule has 0 atom stereocenters. The van der Waals surface area contributed by atoms with E-state index in [-0.39, 0.29) is 0 Å². The van der Waals surface area contributed by atoms with E-state index in [2.05, 4.69) is 28.9 Å². The predicted molar refractivity (Wildman–Crippen MR) is 30.5 cm³/mol. The summed E-state index contributed by atoms with van der Waals surface area (Å²) in [6, 6.07) is 0. The topological polar surface area (TPSA) is 0 Å². The molecule has 3 rings (SSSR count). The van der Waals surface area contributed by atoms with Gasteiger partial charge >= 0.3 is 0 Å². The molecule has 0 spiro atoms. The highest BCUT2D eigenvalue weighted by Gasteiger charge is 2.37. The zero-order valence-corrected chi connectivity index (χ0v) is 3.46. The van der Waals surface area contributed by atoms with Gasteiger partial charge in [0, 0.05) is 14.3 Å². The molecular weight excluding hydrogens is 67.3 g/mol. The van der Waals surface area contributed by atoms with Crippen LogP contribution in [0.1, 0.15) is 0 Å². The van der Waals surface area contributed by atoms with E-state index in [0.717, 1.165) is 11.2 Å². The van der Waals surface area contributed by atoms with Gasteiger partial charge in [0.05, 0.1) is 14.6 Å². The molecule has 3 aliphatic heterocycles. The van der Waals surface area contributed by atoms with Crippen LogP contribution in [-0.4, -0.2) is 28.9 Å². The van der Waals surface area contributed by atoms with E-state index in [9.17, 15) is 0 Å². The van der Waals surface area contributed by atoms with E-state index in [1.165, 1.54) is 0 Å². The molecule has 2 bridgehead atoms. The van der Waals surface area contributed by atoms with Crippen molar-refractivity contribution in [2.45, 2.75) is 11.2 Å². The van der Waals surface area contributed by atoms with Crippen molar-refractivity contribution < 1.29 is 0 Å². The molecule has 0 aromatic carbocycles. The molecule has 0 aromatic rings. The lowest BCUT2D eigenvalue weighted by Gasteiger charge is -2.19. The molecule has 4 heteroatoms. The van der Waals surface area contributed by atoms with Gasteiger partial charge in [-0.15, -0.1) is 11.2 Å². The van der Waals surface area contributed by atoms with Crippen LogP contribution in [0.5, 0.6) is 0 Å². The Labute approximate surface area is 41.0 Å². The van der Waals surface area contributed by atoms with Gasteiger partial charge < -0.3 is 0 Å². The van der Waals surface area contributed by atoms with E-state index in [4.69, 9.17) is 0 Å². The molecule has 0 saturated carbocycles. The maximum absolute atomic E-state index is 2.33. The molecule has 0 amide bonds. The SMILES string of the molecule is [B]1[B]C2[B]C1[B]2. The maximum Gasteiger partial charge on any atom is 0.0799 e. The van der Waals surface area contributed by atoms with Gasteiger partial charge in [0.1, 0.15) is 0 Å². The van der Waals surface area contributed by atoms with Crippen molar-refractivity contribution in [3.05, 3.63) is 0 Å². The third kappa shape index (κ3) is 0.257. The van der Waals surface area contributed by atoms with Crippen LogP contribution in [0.15, 0.2) is 0 Å². The first-order valence-electron chi connectivity index (χ1n) is 2.33. The number of rotatable bonds is 0. The number of hydrogen-bond donors (Lipinski definition) is 0. The first-order valence-corrected chi connectivity index (χ1v) is 2.33. The van der Waals surface area contributed by atoms with Crippen LogP contribution < -0.4 is 0 Å². The van der Waals surface area contributed by atoms with Crippen LogP contribution in [0.2, 0.25) is 11.2 Å². The molecule has 4 radical (unpaired) electrons. The summed E-state index contributed by atoms with van der Waals surface area (Å²) in [7, 11) is 9.15. The van der Waals surface area contributed by atoms with Crippen LogP contribution in [-0.2, 0) is 0 Å². The highest BCUT2D eigenvalue weighted by atomic mass is 13.8. The lowest BCUT2D eigenvalue weighted by Crippen LogP contribution is -2.26. The Morgan fingerprint density at radius 3 is 1.50 bits per heavy atom. The standard InChI is InChI=1S/C2H2B4/c3-1-4-2(3)6-5-1/h1-2H. The molecule has 0 N–H and O–H groups in total. The van der Waals surface area contributed by atoms with Gasteiger partial charge in [-0.1, -0.05) is 0 Å². The third-order valence-electron chi connectivity index (χ3n) is 1.44. The maximum atomic E-state index is 2.33. The first-order chi connectivity index (χ1) is 2.95. The van der Waals surface area contributed by atoms with Crippen molar-refractivity contribution in [3.8, 4) is 0 Å². The fraction of sp³-hybridized carbons (Fsp3) is 1.00. The lowest BCUT2D eigenvalue weighted by molar-refractivity contribution is 1.55. The average molecular weight is 69.3 g/mol. The fourth-order valence-corrected chi connectivity index (χ4v) is 1.01. The van der Waals surface area contributed by atoms with Crippen LogP contribution in [0.3, 0.4) is 0 Å². The van der Waals surface area contributed by atoms with Gasteiger partial charge in [0.2, 0.25) is 0 Å². The Morgan fingerprint density at radius 1 is 0.833 bits per heavy atom. The summed E-state index contributed by atoms with van der Waals surface area (Å²) in [5.74, 6) is 0. The van der Waals surface area contributed by atoms with E-state index >= 15 is 0 Å². The van der Waals surface area contributed by atoms with Crippen LogP contribution in [0, 0.1) is 0 Å². The smallest absolute Gasteiger partial charge is 0.0799 e. The summed E-state index contributed by atoms with van der Waals surface area (Å²) in [6.45, 7) is 0. The summed E-state index contributed by atoms with van der Waals surface area (Å²) < 4.78 is 0. The molecule has 0 nitrogen and oxygen atoms in total. The molecule has 6 heavy (non-hydrogen) atoms. The Bertz CT molecular complexity index is 52.4. The number of fused-ring (bicyclic) bond motifs is 1. The van der Waals surface area contributed by atoms with Crippen LogP contribution >= 0.6 is 0 Å². The Kier molecular flexibility index (Phi) is 0.497. The Balaban J connectivity index is 2.16. The summed E-state index contributed by atoms with van der Waals surface area (Å²) in [5.41, 5.74) is 1.52. The van der Waals surface area contributed by atoms with Gasteiger partial charge in [-0.2, -0.15) is 0 Å². The monoisotopic (exact) mass is 70.1 g/mol. The minimum absolute atomic E-state index is 0.759. The minimum atomic E-state index is 0.759. The molecular formula is C2H2B4. The van der Waals surface area contributed by atoms with Crippen molar-refractivity contribution in [2.75, 3.05) is 0 Å². The van der Waals surface area contributed by atoms with Gasteiger partial charge in [-0.3, -0.25) is 0 Å². The van der Waals surface area contributed by atoms with Crippen LogP contribution in [0.4, 0.5) is 0 Å². The second kappa shape index (κ2) is 0.907. The Hall–Kier alpha value is 0.260.